The summed E-state index contributed by atoms with van der Waals surface area (Å²) in [6.07, 6.45) is -0.237. The topological polar surface area (TPSA) is 79.3 Å². The molecule has 0 bridgehead atoms. The average molecular weight is 330 g/mol. The van der Waals surface area contributed by atoms with Crippen molar-refractivity contribution < 1.29 is 24.2 Å². The summed E-state index contributed by atoms with van der Waals surface area (Å²) in [6, 6.07) is 0. The van der Waals surface area contributed by atoms with Crippen molar-refractivity contribution in [1.29, 1.82) is 0 Å². The molecule has 0 aromatic rings. The molecule has 1 atom stereocenters. The van der Waals surface area contributed by atoms with Crippen molar-refractivity contribution in [2.45, 2.75) is 52.2 Å². The van der Waals surface area contributed by atoms with Crippen molar-refractivity contribution in [3.8, 4) is 0 Å². The summed E-state index contributed by atoms with van der Waals surface area (Å²) in [5.74, 6) is -0.384. The maximum Gasteiger partial charge on any atom is 0.410 e. The summed E-state index contributed by atoms with van der Waals surface area (Å²) >= 11 is 0. The number of carbonyl (C=O) groups is 2. The Balaban J connectivity index is 2.40. The zero-order valence-electron chi connectivity index (χ0n) is 14.7. The first-order valence-corrected chi connectivity index (χ1v) is 8.25. The molecule has 0 radical (unpaired) electrons. The number of hydrogen-bond donors (Lipinski definition) is 1. The first-order chi connectivity index (χ1) is 10.7. The van der Waals surface area contributed by atoms with Crippen molar-refractivity contribution in [2.24, 2.45) is 0 Å². The van der Waals surface area contributed by atoms with Gasteiger partial charge in [0.1, 0.15) is 5.60 Å². The Morgan fingerprint density at radius 1 is 1.17 bits per heavy atom. The first kappa shape index (κ1) is 19.7. The fraction of sp³-hybridized carbons (Fsp3) is 0.875. The third-order valence-electron chi connectivity index (χ3n) is 3.42. The molecular weight excluding hydrogens is 300 g/mol. The van der Waals surface area contributed by atoms with Gasteiger partial charge in [-0.1, -0.05) is 0 Å². The standard InChI is InChI=1S/C16H30N2O5/c1-5-22-14(20)11-13(19)12-17-7-6-8-18(10-9-17)15(21)23-16(2,3)4/h13,19H,5-12H2,1-4H3. The van der Waals surface area contributed by atoms with Crippen molar-refractivity contribution in [2.75, 3.05) is 39.3 Å². The molecule has 1 rings (SSSR count). The second kappa shape index (κ2) is 9.08. The normalized spacial score (nSPS) is 18.2. The summed E-state index contributed by atoms with van der Waals surface area (Å²) < 4.78 is 10.2. The second-order valence-electron chi connectivity index (χ2n) is 6.78. The molecule has 0 spiro atoms. The number of nitrogens with zero attached hydrogens (tertiary/aromatic N) is 2. The summed E-state index contributed by atoms with van der Waals surface area (Å²) in [7, 11) is 0. The monoisotopic (exact) mass is 330 g/mol. The Bertz CT molecular complexity index is 394. The smallest absolute Gasteiger partial charge is 0.410 e. The van der Waals surface area contributed by atoms with Gasteiger partial charge in [0.25, 0.3) is 0 Å². The van der Waals surface area contributed by atoms with Crippen LogP contribution in [0.5, 0.6) is 0 Å². The predicted molar refractivity (Wildman–Crippen MR) is 86.1 cm³/mol. The van der Waals surface area contributed by atoms with Crippen LogP contribution in [0.25, 0.3) is 0 Å². The van der Waals surface area contributed by atoms with E-state index < -0.39 is 11.7 Å². The van der Waals surface area contributed by atoms with Crippen LogP contribution in [0, 0.1) is 0 Å². The average Bonchev–Trinajstić information content (AvgIpc) is 2.62. The number of β-amino-alcohol motifs (C(OH)–C–C–N with tert-alkyl or cyclic N) is 1. The Kier molecular flexibility index (Phi) is 7.78. The maximum atomic E-state index is 12.1. The lowest BCUT2D eigenvalue weighted by Gasteiger charge is -2.26. The molecule has 1 N–H and O–H groups in total. The minimum absolute atomic E-state index is 0.000119. The van der Waals surface area contributed by atoms with Crippen LogP contribution in [-0.2, 0) is 14.3 Å². The van der Waals surface area contributed by atoms with Crippen molar-refractivity contribution >= 4 is 12.1 Å². The summed E-state index contributed by atoms with van der Waals surface area (Å²) in [4.78, 5) is 27.2. The van der Waals surface area contributed by atoms with Gasteiger partial charge in [0.05, 0.1) is 19.1 Å². The van der Waals surface area contributed by atoms with Crippen LogP contribution >= 0.6 is 0 Å². The highest BCUT2D eigenvalue weighted by Gasteiger charge is 2.25. The second-order valence-corrected chi connectivity index (χ2v) is 6.78. The summed E-state index contributed by atoms with van der Waals surface area (Å²) in [6.45, 7) is 10.6. The van der Waals surface area contributed by atoms with Gasteiger partial charge in [-0.15, -0.1) is 0 Å². The number of aliphatic hydroxyl groups excluding tert-OH is 1. The molecule has 134 valence electrons. The number of rotatable bonds is 5. The van der Waals surface area contributed by atoms with Gasteiger partial charge >= 0.3 is 12.1 Å². The molecule has 1 aliphatic heterocycles. The Hall–Kier alpha value is -1.34. The summed E-state index contributed by atoms with van der Waals surface area (Å²) in [5, 5.41) is 9.97. The van der Waals surface area contributed by atoms with Crippen LogP contribution in [0.15, 0.2) is 0 Å². The molecule has 0 aliphatic carbocycles. The molecule has 0 aromatic carbocycles. The van der Waals surface area contributed by atoms with Gasteiger partial charge < -0.3 is 19.5 Å². The first-order valence-electron chi connectivity index (χ1n) is 8.25. The highest BCUT2D eigenvalue weighted by atomic mass is 16.6. The highest BCUT2D eigenvalue weighted by molar-refractivity contribution is 5.70. The molecule has 0 aromatic heterocycles. The van der Waals surface area contributed by atoms with Gasteiger partial charge in [0.2, 0.25) is 0 Å². The number of carbonyl (C=O) groups excluding carboxylic acids is 2. The van der Waals surface area contributed by atoms with E-state index in [1.165, 1.54) is 0 Å². The summed E-state index contributed by atoms with van der Waals surface area (Å²) in [5.41, 5.74) is -0.501. The van der Waals surface area contributed by atoms with Crippen LogP contribution in [0.3, 0.4) is 0 Å². The van der Waals surface area contributed by atoms with Crippen LogP contribution < -0.4 is 0 Å². The van der Waals surface area contributed by atoms with E-state index in [0.717, 1.165) is 13.0 Å². The molecular formula is C16H30N2O5. The lowest BCUT2D eigenvalue weighted by Crippen LogP contribution is -2.40. The number of esters is 1. The highest BCUT2D eigenvalue weighted by Crippen LogP contribution is 2.12. The van der Waals surface area contributed by atoms with Crippen molar-refractivity contribution in [3.05, 3.63) is 0 Å². The van der Waals surface area contributed by atoms with Crippen LogP contribution in [0.4, 0.5) is 4.79 Å². The third-order valence-corrected chi connectivity index (χ3v) is 3.42. The molecule has 7 heteroatoms. The number of amides is 1. The van der Waals surface area contributed by atoms with Gasteiger partial charge in [-0.05, 0) is 40.7 Å². The van der Waals surface area contributed by atoms with E-state index in [4.69, 9.17) is 9.47 Å². The van der Waals surface area contributed by atoms with Gasteiger partial charge in [0.15, 0.2) is 0 Å². The Morgan fingerprint density at radius 2 is 1.87 bits per heavy atom. The zero-order valence-corrected chi connectivity index (χ0v) is 14.7. The fourth-order valence-electron chi connectivity index (χ4n) is 2.44. The van der Waals surface area contributed by atoms with E-state index in [0.29, 0.717) is 32.8 Å². The number of ether oxygens (including phenoxy) is 2. The third kappa shape index (κ3) is 8.18. The van der Waals surface area contributed by atoms with Gasteiger partial charge in [0, 0.05) is 26.2 Å². The lowest BCUT2D eigenvalue weighted by molar-refractivity contribution is -0.145. The van der Waals surface area contributed by atoms with E-state index in [1.54, 1.807) is 11.8 Å². The number of aliphatic hydroxyl groups is 1. The van der Waals surface area contributed by atoms with E-state index in [2.05, 4.69) is 4.90 Å². The molecule has 7 nitrogen and oxygen atoms in total. The van der Waals surface area contributed by atoms with Crippen LogP contribution in [0.2, 0.25) is 0 Å². The van der Waals surface area contributed by atoms with Crippen molar-refractivity contribution in [3.63, 3.8) is 0 Å². The van der Waals surface area contributed by atoms with E-state index in [-0.39, 0.29) is 18.5 Å². The lowest BCUT2D eigenvalue weighted by atomic mass is 10.2. The molecule has 23 heavy (non-hydrogen) atoms. The van der Waals surface area contributed by atoms with E-state index in [9.17, 15) is 14.7 Å². The molecule has 1 saturated heterocycles. The van der Waals surface area contributed by atoms with Crippen LogP contribution in [-0.4, -0.2) is 78.0 Å². The minimum atomic E-state index is -0.748. The minimum Gasteiger partial charge on any atom is -0.466 e. The predicted octanol–water partition coefficient (Wildman–Crippen LogP) is 1.24. The van der Waals surface area contributed by atoms with Gasteiger partial charge in [-0.2, -0.15) is 0 Å². The SMILES string of the molecule is CCOC(=O)CC(O)CN1CCCN(C(=O)OC(C)(C)C)CC1. The largest absolute Gasteiger partial charge is 0.466 e. The van der Waals surface area contributed by atoms with Gasteiger partial charge in [-0.25, -0.2) is 4.79 Å². The Labute approximate surface area is 138 Å². The fourth-order valence-corrected chi connectivity index (χ4v) is 2.44. The van der Waals surface area contributed by atoms with Crippen molar-refractivity contribution in [1.82, 2.24) is 9.80 Å². The van der Waals surface area contributed by atoms with E-state index >= 15 is 0 Å². The molecule has 1 amide bonds. The number of hydrogen-bond acceptors (Lipinski definition) is 6. The van der Waals surface area contributed by atoms with Gasteiger partial charge in [-0.3, -0.25) is 9.69 Å². The molecule has 1 aliphatic rings. The molecule has 1 unspecified atom stereocenters. The quantitative estimate of drug-likeness (QED) is 0.764. The molecule has 1 fully saturated rings. The Morgan fingerprint density at radius 3 is 2.48 bits per heavy atom. The molecule has 0 saturated carbocycles. The maximum absolute atomic E-state index is 12.1. The zero-order chi connectivity index (χ0) is 17.5. The molecule has 1 heterocycles. The van der Waals surface area contributed by atoms with E-state index in [1.807, 2.05) is 20.8 Å². The van der Waals surface area contributed by atoms with Crippen LogP contribution in [0.1, 0.15) is 40.5 Å².